The number of fused-ring (bicyclic) bond motifs is 1. The minimum atomic E-state index is -0.540. The number of furan rings is 1. The third-order valence-electron chi connectivity index (χ3n) is 2.66. The van der Waals surface area contributed by atoms with Crippen molar-refractivity contribution in [1.82, 2.24) is 0 Å². The first kappa shape index (κ1) is 10.5. The highest BCUT2D eigenvalue weighted by Gasteiger charge is 2.09. The Balaban J connectivity index is 2.49. The SMILES string of the molecule is CCN(C)c1ccc2cc(C(N)=O)oc2c1. The van der Waals surface area contributed by atoms with E-state index < -0.39 is 5.91 Å². The average molecular weight is 218 g/mol. The Morgan fingerprint density at radius 3 is 2.81 bits per heavy atom. The summed E-state index contributed by atoms with van der Waals surface area (Å²) in [6.45, 7) is 2.98. The summed E-state index contributed by atoms with van der Waals surface area (Å²) in [6, 6.07) is 7.48. The molecule has 0 saturated carbocycles. The van der Waals surface area contributed by atoms with Crippen molar-refractivity contribution in [3.63, 3.8) is 0 Å². The van der Waals surface area contributed by atoms with Crippen molar-refractivity contribution in [2.75, 3.05) is 18.5 Å². The summed E-state index contributed by atoms with van der Waals surface area (Å²) in [4.78, 5) is 13.1. The topological polar surface area (TPSA) is 59.5 Å². The molecular formula is C12H14N2O2. The molecule has 1 aromatic heterocycles. The van der Waals surface area contributed by atoms with Gasteiger partial charge in [-0.15, -0.1) is 0 Å². The van der Waals surface area contributed by atoms with Crippen LogP contribution in [0.4, 0.5) is 5.69 Å². The predicted octanol–water partition coefficient (Wildman–Crippen LogP) is 1.99. The summed E-state index contributed by atoms with van der Waals surface area (Å²) >= 11 is 0. The van der Waals surface area contributed by atoms with Gasteiger partial charge < -0.3 is 15.1 Å². The Morgan fingerprint density at radius 1 is 1.44 bits per heavy atom. The van der Waals surface area contributed by atoms with Gasteiger partial charge in [-0.25, -0.2) is 0 Å². The number of amides is 1. The maximum Gasteiger partial charge on any atom is 0.284 e. The zero-order valence-electron chi connectivity index (χ0n) is 9.36. The molecule has 0 bridgehead atoms. The number of hydrogen-bond acceptors (Lipinski definition) is 3. The lowest BCUT2D eigenvalue weighted by atomic mass is 10.2. The molecule has 4 nitrogen and oxygen atoms in total. The van der Waals surface area contributed by atoms with Crippen molar-refractivity contribution in [3.05, 3.63) is 30.0 Å². The van der Waals surface area contributed by atoms with Crippen LogP contribution in [0.2, 0.25) is 0 Å². The summed E-state index contributed by atoms with van der Waals surface area (Å²) in [6.07, 6.45) is 0. The number of rotatable bonds is 3. The van der Waals surface area contributed by atoms with Crippen molar-refractivity contribution in [2.24, 2.45) is 5.73 Å². The molecule has 0 aliphatic heterocycles. The highest BCUT2D eigenvalue weighted by atomic mass is 16.3. The zero-order chi connectivity index (χ0) is 11.7. The van der Waals surface area contributed by atoms with Crippen molar-refractivity contribution in [1.29, 1.82) is 0 Å². The fraction of sp³-hybridized carbons (Fsp3) is 0.250. The standard InChI is InChI=1S/C12H14N2O2/c1-3-14(2)9-5-4-8-6-11(12(13)15)16-10(8)7-9/h4-7H,3H2,1-2H3,(H2,13,15). The Kier molecular flexibility index (Phi) is 2.56. The van der Waals surface area contributed by atoms with Gasteiger partial charge in [0, 0.05) is 30.7 Å². The van der Waals surface area contributed by atoms with Gasteiger partial charge in [0.05, 0.1) is 0 Å². The summed E-state index contributed by atoms with van der Waals surface area (Å²) in [5.74, 6) is -0.340. The number of nitrogens with two attached hydrogens (primary N) is 1. The lowest BCUT2D eigenvalue weighted by Gasteiger charge is -2.15. The largest absolute Gasteiger partial charge is 0.451 e. The number of benzene rings is 1. The van der Waals surface area contributed by atoms with Crippen LogP contribution in [-0.2, 0) is 0 Å². The molecule has 0 radical (unpaired) electrons. The smallest absolute Gasteiger partial charge is 0.284 e. The highest BCUT2D eigenvalue weighted by molar-refractivity contribution is 5.95. The maximum atomic E-state index is 11.0. The number of primary amides is 1. The third-order valence-corrected chi connectivity index (χ3v) is 2.66. The first-order valence-corrected chi connectivity index (χ1v) is 5.16. The minimum Gasteiger partial charge on any atom is -0.451 e. The summed E-state index contributed by atoms with van der Waals surface area (Å²) < 4.78 is 5.36. The van der Waals surface area contributed by atoms with E-state index in [4.69, 9.17) is 10.2 Å². The second-order valence-electron chi connectivity index (χ2n) is 3.71. The third kappa shape index (κ3) is 1.74. The van der Waals surface area contributed by atoms with Crippen LogP contribution in [0.3, 0.4) is 0 Å². The fourth-order valence-corrected chi connectivity index (χ4v) is 1.56. The van der Waals surface area contributed by atoms with Gasteiger partial charge in [-0.2, -0.15) is 0 Å². The van der Waals surface area contributed by atoms with E-state index in [1.54, 1.807) is 6.07 Å². The fourth-order valence-electron chi connectivity index (χ4n) is 1.56. The number of anilines is 1. The highest BCUT2D eigenvalue weighted by Crippen LogP contribution is 2.24. The number of hydrogen-bond donors (Lipinski definition) is 1. The van der Waals surface area contributed by atoms with Gasteiger partial charge in [-0.3, -0.25) is 4.79 Å². The first-order chi connectivity index (χ1) is 7.61. The van der Waals surface area contributed by atoms with E-state index in [-0.39, 0.29) is 5.76 Å². The van der Waals surface area contributed by atoms with Crippen LogP contribution in [0.15, 0.2) is 28.7 Å². The molecule has 1 amide bonds. The molecule has 0 aliphatic rings. The Hall–Kier alpha value is -1.97. The lowest BCUT2D eigenvalue weighted by molar-refractivity contribution is 0.0976. The van der Waals surface area contributed by atoms with Crippen LogP contribution in [0.1, 0.15) is 17.5 Å². The van der Waals surface area contributed by atoms with Crippen molar-refractivity contribution in [2.45, 2.75) is 6.92 Å². The minimum absolute atomic E-state index is 0.200. The van der Waals surface area contributed by atoms with Crippen LogP contribution in [0.5, 0.6) is 0 Å². The number of carbonyl (C=O) groups is 1. The molecule has 16 heavy (non-hydrogen) atoms. The molecule has 1 aromatic carbocycles. The van der Waals surface area contributed by atoms with Gasteiger partial charge in [0.2, 0.25) is 0 Å². The van der Waals surface area contributed by atoms with E-state index >= 15 is 0 Å². The number of nitrogens with zero attached hydrogens (tertiary/aromatic N) is 1. The number of carbonyl (C=O) groups excluding carboxylic acids is 1. The molecule has 2 N–H and O–H groups in total. The van der Waals surface area contributed by atoms with E-state index in [2.05, 4.69) is 11.8 Å². The Bertz CT molecular complexity index is 531. The van der Waals surface area contributed by atoms with E-state index in [1.165, 1.54) is 0 Å². The van der Waals surface area contributed by atoms with Gasteiger partial charge in [0.25, 0.3) is 5.91 Å². The second kappa shape index (κ2) is 3.89. The quantitative estimate of drug-likeness (QED) is 0.857. The molecule has 0 unspecified atom stereocenters. The van der Waals surface area contributed by atoms with E-state index in [0.717, 1.165) is 17.6 Å². The maximum absolute atomic E-state index is 11.0. The zero-order valence-corrected chi connectivity index (χ0v) is 9.36. The lowest BCUT2D eigenvalue weighted by Crippen LogP contribution is -2.15. The van der Waals surface area contributed by atoms with Crippen LogP contribution in [0.25, 0.3) is 11.0 Å². The van der Waals surface area contributed by atoms with Crippen LogP contribution < -0.4 is 10.6 Å². The molecule has 0 saturated heterocycles. The Labute approximate surface area is 93.6 Å². The molecule has 4 heteroatoms. The monoisotopic (exact) mass is 218 g/mol. The van der Waals surface area contributed by atoms with Gasteiger partial charge in [0.15, 0.2) is 5.76 Å². The van der Waals surface area contributed by atoms with Crippen molar-refractivity contribution in [3.8, 4) is 0 Å². The molecule has 0 aliphatic carbocycles. The normalized spacial score (nSPS) is 10.6. The molecule has 0 atom stereocenters. The van der Waals surface area contributed by atoms with E-state index in [9.17, 15) is 4.79 Å². The molecule has 2 aromatic rings. The first-order valence-electron chi connectivity index (χ1n) is 5.16. The predicted molar refractivity (Wildman–Crippen MR) is 63.7 cm³/mol. The van der Waals surface area contributed by atoms with Crippen LogP contribution in [0, 0.1) is 0 Å². The summed E-state index contributed by atoms with van der Waals surface area (Å²) in [5, 5.41) is 0.891. The van der Waals surface area contributed by atoms with Crippen LogP contribution >= 0.6 is 0 Å². The van der Waals surface area contributed by atoms with E-state index in [0.29, 0.717) is 5.58 Å². The van der Waals surface area contributed by atoms with Crippen molar-refractivity contribution < 1.29 is 9.21 Å². The summed E-state index contributed by atoms with van der Waals surface area (Å²) in [7, 11) is 2.00. The average Bonchev–Trinajstić information content (AvgIpc) is 2.70. The second-order valence-corrected chi connectivity index (χ2v) is 3.71. The van der Waals surface area contributed by atoms with Gasteiger partial charge in [0.1, 0.15) is 5.58 Å². The molecule has 2 rings (SSSR count). The molecular weight excluding hydrogens is 204 g/mol. The van der Waals surface area contributed by atoms with Gasteiger partial charge >= 0.3 is 0 Å². The molecule has 84 valence electrons. The molecule has 0 spiro atoms. The molecule has 1 heterocycles. The Morgan fingerprint density at radius 2 is 2.19 bits per heavy atom. The van der Waals surface area contributed by atoms with Crippen molar-refractivity contribution >= 4 is 22.6 Å². The van der Waals surface area contributed by atoms with Gasteiger partial charge in [-0.05, 0) is 25.1 Å². The summed E-state index contributed by atoms with van der Waals surface area (Å²) in [5.41, 5.74) is 6.90. The van der Waals surface area contributed by atoms with Gasteiger partial charge in [-0.1, -0.05) is 0 Å². The van der Waals surface area contributed by atoms with Crippen LogP contribution in [-0.4, -0.2) is 19.5 Å². The van der Waals surface area contributed by atoms with E-state index in [1.807, 2.05) is 25.2 Å². The molecule has 0 fully saturated rings.